The number of ether oxygens (including phenoxy) is 2. The van der Waals surface area contributed by atoms with Crippen LogP contribution in [0.4, 0.5) is 5.13 Å². The molecule has 0 aliphatic heterocycles. The zero-order chi connectivity index (χ0) is 15.4. The molecule has 1 N–H and O–H groups in total. The van der Waals surface area contributed by atoms with Crippen molar-refractivity contribution in [1.82, 2.24) is 10.2 Å². The van der Waals surface area contributed by atoms with Crippen molar-refractivity contribution in [2.45, 2.75) is 6.61 Å². The minimum atomic E-state index is -0.473. The molecular formula is C12H11Cl2N3O3S. The predicted molar refractivity (Wildman–Crippen MR) is 81.6 cm³/mol. The van der Waals surface area contributed by atoms with E-state index in [1.807, 2.05) is 0 Å². The number of amides is 1. The minimum Gasteiger partial charge on any atom is -0.494 e. The van der Waals surface area contributed by atoms with Crippen molar-refractivity contribution in [3.05, 3.63) is 32.7 Å². The lowest BCUT2D eigenvalue weighted by molar-refractivity contribution is 0.102. The zero-order valence-electron chi connectivity index (χ0n) is 11.1. The van der Waals surface area contributed by atoms with Crippen LogP contribution in [0.25, 0.3) is 0 Å². The second-order valence-corrected chi connectivity index (χ2v) is 5.70. The molecule has 112 valence electrons. The SMILES string of the molecule is COCc1nnc(NC(=O)c2c(Cl)ccc(Cl)c2OC)s1. The van der Waals surface area contributed by atoms with Gasteiger partial charge in [-0.2, -0.15) is 0 Å². The maximum atomic E-state index is 12.3. The third kappa shape index (κ3) is 3.62. The molecule has 0 atom stereocenters. The van der Waals surface area contributed by atoms with Crippen molar-refractivity contribution in [2.24, 2.45) is 0 Å². The van der Waals surface area contributed by atoms with E-state index in [2.05, 4.69) is 15.5 Å². The van der Waals surface area contributed by atoms with Gasteiger partial charge >= 0.3 is 0 Å². The number of benzene rings is 1. The van der Waals surface area contributed by atoms with E-state index in [-0.39, 0.29) is 16.3 Å². The van der Waals surface area contributed by atoms with Crippen molar-refractivity contribution in [1.29, 1.82) is 0 Å². The van der Waals surface area contributed by atoms with Crippen LogP contribution in [0, 0.1) is 0 Å². The molecule has 1 heterocycles. The van der Waals surface area contributed by atoms with Crippen molar-refractivity contribution in [2.75, 3.05) is 19.5 Å². The lowest BCUT2D eigenvalue weighted by Crippen LogP contribution is -2.14. The fourth-order valence-corrected chi connectivity index (χ4v) is 2.77. The molecule has 9 heteroatoms. The number of rotatable bonds is 5. The summed E-state index contributed by atoms with van der Waals surface area (Å²) in [6.07, 6.45) is 0. The summed E-state index contributed by atoms with van der Waals surface area (Å²) < 4.78 is 10.1. The summed E-state index contributed by atoms with van der Waals surface area (Å²) in [7, 11) is 2.96. The summed E-state index contributed by atoms with van der Waals surface area (Å²) in [6.45, 7) is 0.328. The van der Waals surface area contributed by atoms with Crippen molar-refractivity contribution < 1.29 is 14.3 Å². The van der Waals surface area contributed by atoms with Gasteiger partial charge in [-0.3, -0.25) is 10.1 Å². The fraction of sp³-hybridized carbons (Fsp3) is 0.250. The normalized spacial score (nSPS) is 10.5. The van der Waals surface area contributed by atoms with E-state index in [1.54, 1.807) is 13.2 Å². The van der Waals surface area contributed by atoms with Crippen LogP contribution in [0.15, 0.2) is 12.1 Å². The first kappa shape index (κ1) is 16.0. The molecule has 0 aliphatic carbocycles. The van der Waals surface area contributed by atoms with Crippen LogP contribution in [0.1, 0.15) is 15.4 Å². The molecule has 0 spiro atoms. The van der Waals surface area contributed by atoms with Crippen LogP contribution in [-0.4, -0.2) is 30.3 Å². The molecule has 0 saturated heterocycles. The van der Waals surface area contributed by atoms with Gasteiger partial charge in [-0.1, -0.05) is 34.5 Å². The van der Waals surface area contributed by atoms with E-state index in [1.165, 1.54) is 24.5 Å². The van der Waals surface area contributed by atoms with Gasteiger partial charge in [0.1, 0.15) is 17.2 Å². The highest BCUT2D eigenvalue weighted by atomic mass is 35.5. The van der Waals surface area contributed by atoms with Gasteiger partial charge in [-0.05, 0) is 12.1 Å². The van der Waals surface area contributed by atoms with Gasteiger partial charge in [-0.25, -0.2) is 0 Å². The maximum absolute atomic E-state index is 12.3. The third-order valence-electron chi connectivity index (χ3n) is 2.45. The largest absolute Gasteiger partial charge is 0.494 e. The Morgan fingerprint density at radius 1 is 1.29 bits per heavy atom. The number of halogens is 2. The molecule has 6 nitrogen and oxygen atoms in total. The number of hydrogen-bond acceptors (Lipinski definition) is 6. The summed E-state index contributed by atoms with van der Waals surface area (Å²) in [5, 5.41) is 11.8. The van der Waals surface area contributed by atoms with Crippen LogP contribution < -0.4 is 10.1 Å². The van der Waals surface area contributed by atoms with Crippen LogP contribution in [-0.2, 0) is 11.3 Å². The lowest BCUT2D eigenvalue weighted by Gasteiger charge is -2.11. The summed E-state index contributed by atoms with van der Waals surface area (Å²) in [4.78, 5) is 12.3. The standard InChI is InChI=1S/C12H11Cl2N3O3S/c1-19-5-8-16-17-12(21-8)15-11(18)9-6(13)3-4-7(14)10(9)20-2/h3-4H,5H2,1-2H3,(H,15,17,18). The molecule has 0 bridgehead atoms. The molecule has 0 fully saturated rings. The highest BCUT2D eigenvalue weighted by Gasteiger charge is 2.20. The third-order valence-corrected chi connectivity index (χ3v) is 3.87. The van der Waals surface area contributed by atoms with Gasteiger partial charge in [0.05, 0.1) is 17.2 Å². The quantitative estimate of drug-likeness (QED) is 0.898. The van der Waals surface area contributed by atoms with E-state index in [0.29, 0.717) is 21.8 Å². The van der Waals surface area contributed by atoms with Gasteiger partial charge in [0.15, 0.2) is 5.75 Å². The summed E-state index contributed by atoms with van der Waals surface area (Å²) in [6, 6.07) is 3.08. The van der Waals surface area contributed by atoms with E-state index in [0.717, 1.165) is 0 Å². The van der Waals surface area contributed by atoms with Gasteiger partial charge in [0.2, 0.25) is 5.13 Å². The molecule has 0 saturated carbocycles. The Hall–Kier alpha value is -1.41. The van der Waals surface area contributed by atoms with E-state index in [4.69, 9.17) is 32.7 Å². The number of nitrogens with one attached hydrogen (secondary N) is 1. The predicted octanol–water partition coefficient (Wildman–Crippen LogP) is 3.25. The first-order chi connectivity index (χ1) is 10.1. The smallest absolute Gasteiger partial charge is 0.262 e. The Bertz CT molecular complexity index is 663. The number of aromatic nitrogens is 2. The average molecular weight is 348 g/mol. The Kier molecular flexibility index (Phi) is 5.35. The maximum Gasteiger partial charge on any atom is 0.262 e. The van der Waals surface area contributed by atoms with E-state index in [9.17, 15) is 4.79 Å². The number of carbonyl (C=O) groups is 1. The molecule has 1 amide bonds. The average Bonchev–Trinajstić information content (AvgIpc) is 2.88. The molecule has 1 aromatic heterocycles. The minimum absolute atomic E-state index is 0.148. The van der Waals surface area contributed by atoms with E-state index < -0.39 is 5.91 Å². The number of methoxy groups -OCH3 is 2. The first-order valence-electron chi connectivity index (χ1n) is 5.71. The van der Waals surface area contributed by atoms with Gasteiger partial charge < -0.3 is 9.47 Å². The van der Waals surface area contributed by atoms with E-state index >= 15 is 0 Å². The first-order valence-corrected chi connectivity index (χ1v) is 7.28. The van der Waals surface area contributed by atoms with Gasteiger partial charge in [-0.15, -0.1) is 10.2 Å². The number of nitrogens with zero attached hydrogens (tertiary/aromatic N) is 2. The number of carbonyl (C=O) groups excluding carboxylic acids is 1. The fourth-order valence-electron chi connectivity index (χ4n) is 1.59. The molecule has 0 radical (unpaired) electrons. The van der Waals surface area contributed by atoms with Gasteiger partial charge in [0.25, 0.3) is 5.91 Å². The van der Waals surface area contributed by atoms with Crippen molar-refractivity contribution >= 4 is 45.6 Å². The Morgan fingerprint density at radius 3 is 2.67 bits per heavy atom. The molecule has 0 unspecified atom stereocenters. The summed E-state index contributed by atoms with van der Waals surface area (Å²) >= 11 is 13.2. The van der Waals surface area contributed by atoms with Crippen molar-refractivity contribution in [3.8, 4) is 5.75 Å². The Labute approximate surface area is 135 Å². The highest BCUT2D eigenvalue weighted by Crippen LogP contribution is 2.34. The molecule has 21 heavy (non-hydrogen) atoms. The number of hydrogen-bond donors (Lipinski definition) is 1. The zero-order valence-corrected chi connectivity index (χ0v) is 13.5. The molecule has 1 aromatic carbocycles. The highest BCUT2D eigenvalue weighted by molar-refractivity contribution is 7.15. The Morgan fingerprint density at radius 2 is 2.00 bits per heavy atom. The molecule has 0 aliphatic rings. The lowest BCUT2D eigenvalue weighted by atomic mass is 10.2. The summed E-state index contributed by atoms with van der Waals surface area (Å²) in [5.41, 5.74) is 0.148. The van der Waals surface area contributed by atoms with Crippen LogP contribution in [0.2, 0.25) is 10.0 Å². The molecule has 2 aromatic rings. The Balaban J connectivity index is 2.25. The molecular weight excluding hydrogens is 337 g/mol. The van der Waals surface area contributed by atoms with Crippen LogP contribution >= 0.6 is 34.5 Å². The topological polar surface area (TPSA) is 73.3 Å². The van der Waals surface area contributed by atoms with Crippen LogP contribution in [0.3, 0.4) is 0 Å². The molecule has 2 rings (SSSR count). The summed E-state index contributed by atoms with van der Waals surface area (Å²) in [5.74, 6) is -0.261. The van der Waals surface area contributed by atoms with Crippen molar-refractivity contribution in [3.63, 3.8) is 0 Å². The second kappa shape index (κ2) is 7.04. The second-order valence-electron chi connectivity index (χ2n) is 3.83. The monoisotopic (exact) mass is 347 g/mol. The van der Waals surface area contributed by atoms with Crippen LogP contribution in [0.5, 0.6) is 5.75 Å². The van der Waals surface area contributed by atoms with Gasteiger partial charge in [0, 0.05) is 7.11 Å². The number of anilines is 1.